The van der Waals surface area contributed by atoms with E-state index >= 15 is 0 Å². The molecule has 0 atom stereocenters. The van der Waals surface area contributed by atoms with Crippen LogP contribution in [0.2, 0.25) is 0 Å². The Balaban J connectivity index is 0.000000156. The van der Waals surface area contributed by atoms with Gasteiger partial charge in [0.15, 0.2) is 0 Å². The van der Waals surface area contributed by atoms with Gasteiger partial charge >= 0.3 is 0 Å². The molecule has 0 N–H and O–H groups in total. The molecule has 0 bridgehead atoms. The number of aldehydes is 1. The molecule has 0 aliphatic carbocycles. The second-order valence-electron chi connectivity index (χ2n) is 6.95. The lowest BCUT2D eigenvalue weighted by Gasteiger charge is -2.03. The summed E-state index contributed by atoms with van der Waals surface area (Å²) in [6, 6.07) is 25.4. The maximum absolute atomic E-state index is 10.5. The van der Waals surface area contributed by atoms with Crippen LogP contribution in [0.1, 0.15) is 40.9 Å². The fourth-order valence-corrected chi connectivity index (χ4v) is 3.24. The van der Waals surface area contributed by atoms with Crippen molar-refractivity contribution in [3.05, 3.63) is 95.1 Å². The molecule has 136 valence electrons. The van der Waals surface area contributed by atoms with Crippen molar-refractivity contribution in [2.45, 2.75) is 33.6 Å². The zero-order chi connectivity index (χ0) is 19.2. The van der Waals surface area contributed by atoms with Gasteiger partial charge in [0.25, 0.3) is 0 Å². The summed E-state index contributed by atoms with van der Waals surface area (Å²) in [4.78, 5) is 10.5. The number of carbonyl (C=O) groups excluding carboxylic acids is 1. The van der Waals surface area contributed by atoms with Gasteiger partial charge in [-0.3, -0.25) is 4.79 Å². The lowest BCUT2D eigenvalue weighted by Crippen LogP contribution is -1.83. The van der Waals surface area contributed by atoms with E-state index in [2.05, 4.69) is 69.3 Å². The summed E-state index contributed by atoms with van der Waals surface area (Å²) in [7, 11) is 0. The maximum Gasteiger partial charge on any atom is 0.150 e. The fourth-order valence-electron chi connectivity index (χ4n) is 3.24. The Morgan fingerprint density at radius 1 is 0.630 bits per heavy atom. The van der Waals surface area contributed by atoms with E-state index < -0.39 is 0 Å². The summed E-state index contributed by atoms with van der Waals surface area (Å²) in [5, 5.41) is 5.03. The van der Waals surface area contributed by atoms with Gasteiger partial charge in [0, 0.05) is 5.56 Å². The summed E-state index contributed by atoms with van der Waals surface area (Å²) in [6.45, 7) is 6.46. The second kappa shape index (κ2) is 8.64. The third-order valence-electron chi connectivity index (χ3n) is 4.94. The standard InChI is InChI=1S/C14H16.C12H10O/c1-3-11-5-7-13-8-6-12(4-2)10-14(13)9-11;1-9-2-4-12-7-10(8-13)3-5-11(12)6-9/h5-10H,3-4H2,1-2H3;2-8H,1H3. The highest BCUT2D eigenvalue weighted by molar-refractivity contribution is 5.89. The first-order valence-electron chi connectivity index (χ1n) is 9.60. The zero-order valence-corrected chi connectivity index (χ0v) is 16.3. The van der Waals surface area contributed by atoms with Crippen molar-refractivity contribution in [2.24, 2.45) is 0 Å². The minimum Gasteiger partial charge on any atom is -0.298 e. The van der Waals surface area contributed by atoms with Crippen molar-refractivity contribution in [1.82, 2.24) is 0 Å². The molecule has 0 unspecified atom stereocenters. The molecule has 4 aromatic carbocycles. The molecule has 0 aliphatic rings. The Morgan fingerprint density at radius 2 is 1.19 bits per heavy atom. The third kappa shape index (κ3) is 4.62. The molecular formula is C26H26O. The summed E-state index contributed by atoms with van der Waals surface area (Å²) in [5.41, 5.74) is 4.82. The van der Waals surface area contributed by atoms with Gasteiger partial charge in [-0.1, -0.05) is 86.1 Å². The molecule has 0 amide bonds. The van der Waals surface area contributed by atoms with Gasteiger partial charge in [0.2, 0.25) is 0 Å². The van der Waals surface area contributed by atoms with Gasteiger partial charge in [0.1, 0.15) is 6.29 Å². The van der Waals surface area contributed by atoms with Crippen LogP contribution in [-0.2, 0) is 12.8 Å². The van der Waals surface area contributed by atoms with Gasteiger partial charge in [-0.2, -0.15) is 0 Å². The Hall–Kier alpha value is -2.93. The van der Waals surface area contributed by atoms with Crippen LogP contribution >= 0.6 is 0 Å². The number of hydrogen-bond acceptors (Lipinski definition) is 1. The molecule has 27 heavy (non-hydrogen) atoms. The van der Waals surface area contributed by atoms with Crippen molar-refractivity contribution >= 4 is 27.8 Å². The molecule has 0 aromatic heterocycles. The predicted molar refractivity (Wildman–Crippen MR) is 117 cm³/mol. The highest BCUT2D eigenvalue weighted by Crippen LogP contribution is 2.19. The van der Waals surface area contributed by atoms with E-state index in [1.807, 2.05) is 24.3 Å². The molecule has 0 spiro atoms. The number of hydrogen-bond donors (Lipinski definition) is 0. The first-order valence-corrected chi connectivity index (χ1v) is 9.60. The first-order chi connectivity index (χ1) is 13.1. The minimum atomic E-state index is 0.733. The van der Waals surface area contributed by atoms with E-state index in [1.165, 1.54) is 32.8 Å². The van der Waals surface area contributed by atoms with Gasteiger partial charge in [0.05, 0.1) is 0 Å². The topological polar surface area (TPSA) is 17.1 Å². The van der Waals surface area contributed by atoms with Crippen LogP contribution < -0.4 is 0 Å². The van der Waals surface area contributed by atoms with Crippen LogP contribution in [0, 0.1) is 6.92 Å². The molecule has 0 heterocycles. The molecule has 4 rings (SSSR count). The molecule has 0 radical (unpaired) electrons. The van der Waals surface area contributed by atoms with Crippen LogP contribution in [-0.4, -0.2) is 6.29 Å². The number of rotatable bonds is 3. The molecular weight excluding hydrogens is 328 g/mol. The van der Waals surface area contributed by atoms with E-state index in [9.17, 15) is 4.79 Å². The zero-order valence-electron chi connectivity index (χ0n) is 16.3. The Bertz CT molecular complexity index is 1040. The van der Waals surface area contributed by atoms with E-state index in [0.717, 1.165) is 30.1 Å². The molecule has 0 fully saturated rings. The Labute approximate surface area is 161 Å². The molecule has 0 aliphatic heterocycles. The van der Waals surface area contributed by atoms with Crippen molar-refractivity contribution < 1.29 is 4.79 Å². The monoisotopic (exact) mass is 354 g/mol. The lowest BCUT2D eigenvalue weighted by molar-refractivity contribution is 0.112. The average molecular weight is 354 g/mol. The molecule has 0 saturated carbocycles. The second-order valence-corrected chi connectivity index (χ2v) is 6.95. The SMILES string of the molecule is CCc1ccc2ccc(CC)cc2c1.Cc1ccc2cc(C=O)ccc2c1. The van der Waals surface area contributed by atoms with Crippen molar-refractivity contribution in [3.8, 4) is 0 Å². The molecule has 4 aromatic rings. The number of carbonyl (C=O) groups is 1. The van der Waals surface area contributed by atoms with Crippen molar-refractivity contribution in [3.63, 3.8) is 0 Å². The minimum absolute atomic E-state index is 0.733. The van der Waals surface area contributed by atoms with E-state index in [0.29, 0.717) is 0 Å². The van der Waals surface area contributed by atoms with Crippen molar-refractivity contribution in [1.29, 1.82) is 0 Å². The lowest BCUT2D eigenvalue weighted by atomic mass is 10.0. The van der Waals surface area contributed by atoms with Gasteiger partial charge in [-0.05, 0) is 58.5 Å². The third-order valence-corrected chi connectivity index (χ3v) is 4.94. The van der Waals surface area contributed by atoms with E-state index in [4.69, 9.17) is 0 Å². The number of fused-ring (bicyclic) bond motifs is 2. The van der Waals surface area contributed by atoms with Gasteiger partial charge in [-0.15, -0.1) is 0 Å². The summed E-state index contributed by atoms with van der Waals surface area (Å²) in [5.74, 6) is 0. The summed E-state index contributed by atoms with van der Waals surface area (Å²) >= 11 is 0. The summed E-state index contributed by atoms with van der Waals surface area (Å²) < 4.78 is 0. The number of aryl methyl sites for hydroxylation is 3. The van der Waals surface area contributed by atoms with Crippen molar-refractivity contribution in [2.75, 3.05) is 0 Å². The largest absolute Gasteiger partial charge is 0.298 e. The van der Waals surface area contributed by atoms with Crippen LogP contribution in [0.3, 0.4) is 0 Å². The van der Waals surface area contributed by atoms with E-state index in [1.54, 1.807) is 0 Å². The highest BCUT2D eigenvalue weighted by Gasteiger charge is 1.97. The highest BCUT2D eigenvalue weighted by atomic mass is 16.1. The van der Waals surface area contributed by atoms with Crippen LogP contribution in [0.5, 0.6) is 0 Å². The Kier molecular flexibility index (Phi) is 6.03. The van der Waals surface area contributed by atoms with Crippen LogP contribution in [0.4, 0.5) is 0 Å². The van der Waals surface area contributed by atoms with Crippen LogP contribution in [0.25, 0.3) is 21.5 Å². The average Bonchev–Trinajstić information content (AvgIpc) is 2.72. The van der Waals surface area contributed by atoms with Gasteiger partial charge < -0.3 is 0 Å². The smallest absolute Gasteiger partial charge is 0.150 e. The quantitative estimate of drug-likeness (QED) is 0.365. The Morgan fingerprint density at radius 3 is 1.78 bits per heavy atom. The molecule has 1 heteroatoms. The maximum atomic E-state index is 10.5. The van der Waals surface area contributed by atoms with Crippen LogP contribution in [0.15, 0.2) is 72.8 Å². The first kappa shape index (κ1) is 18.8. The normalized spacial score (nSPS) is 10.5. The predicted octanol–water partition coefficient (Wildman–Crippen LogP) is 6.93. The van der Waals surface area contributed by atoms with E-state index in [-0.39, 0.29) is 0 Å². The molecule has 0 saturated heterocycles. The summed E-state index contributed by atoms with van der Waals surface area (Å²) in [6.07, 6.45) is 3.11. The fraction of sp³-hybridized carbons (Fsp3) is 0.192. The molecule has 1 nitrogen and oxygen atoms in total. The van der Waals surface area contributed by atoms with Gasteiger partial charge in [-0.25, -0.2) is 0 Å². The number of benzene rings is 4.